The minimum Gasteiger partial charge on any atom is -0.482 e. The van der Waals surface area contributed by atoms with E-state index in [1.165, 1.54) is 22.5 Å². The van der Waals surface area contributed by atoms with Gasteiger partial charge in [-0.05, 0) is 48.7 Å². The van der Waals surface area contributed by atoms with Crippen LogP contribution in [0.5, 0.6) is 5.75 Å². The van der Waals surface area contributed by atoms with Gasteiger partial charge in [0.25, 0.3) is 15.9 Å². The first-order valence-electron chi connectivity index (χ1n) is 10.2. The molecule has 6 nitrogen and oxygen atoms in total. The maximum absolute atomic E-state index is 13.1. The van der Waals surface area contributed by atoms with E-state index in [9.17, 15) is 13.2 Å². The molecule has 1 aliphatic rings. The molecule has 1 heterocycles. The average molecular weight is 471 g/mol. The summed E-state index contributed by atoms with van der Waals surface area (Å²) < 4.78 is 33.2. The van der Waals surface area contributed by atoms with Crippen molar-refractivity contribution >= 4 is 33.2 Å². The summed E-state index contributed by atoms with van der Waals surface area (Å²) >= 11 is 6.29. The molecule has 1 amide bonds. The highest BCUT2D eigenvalue weighted by molar-refractivity contribution is 7.92. The van der Waals surface area contributed by atoms with Crippen molar-refractivity contribution in [2.75, 3.05) is 17.5 Å². The third-order valence-electron chi connectivity index (χ3n) is 5.37. The minimum atomic E-state index is -3.76. The molecule has 3 aromatic rings. The summed E-state index contributed by atoms with van der Waals surface area (Å²) in [6, 6.07) is 21.1. The number of carbonyl (C=O) groups excluding carboxylic acids is 1. The number of ether oxygens (including phenoxy) is 1. The van der Waals surface area contributed by atoms with Crippen molar-refractivity contribution in [2.24, 2.45) is 0 Å². The van der Waals surface area contributed by atoms with Crippen LogP contribution in [0, 0.1) is 0 Å². The number of carbonyl (C=O) groups is 1. The number of halogens is 1. The van der Waals surface area contributed by atoms with Gasteiger partial charge in [-0.25, -0.2) is 8.42 Å². The first-order chi connectivity index (χ1) is 15.4. The Morgan fingerprint density at radius 1 is 1.09 bits per heavy atom. The topological polar surface area (TPSA) is 75.7 Å². The van der Waals surface area contributed by atoms with Gasteiger partial charge in [-0.1, -0.05) is 60.1 Å². The second-order valence-electron chi connectivity index (χ2n) is 7.54. The van der Waals surface area contributed by atoms with Gasteiger partial charge in [0.15, 0.2) is 6.61 Å². The quantitative estimate of drug-likeness (QED) is 0.557. The molecule has 0 radical (unpaired) electrons. The van der Waals surface area contributed by atoms with Crippen LogP contribution in [0.3, 0.4) is 0 Å². The Bertz CT molecular complexity index is 1230. The summed E-state index contributed by atoms with van der Waals surface area (Å²) in [5.74, 6) is -0.0576. The smallest absolute Gasteiger partial charge is 0.264 e. The number of fused-ring (bicyclic) bond motifs is 1. The molecular formula is C24H23ClN2O4S. The number of benzene rings is 3. The molecule has 0 saturated carbocycles. The summed E-state index contributed by atoms with van der Waals surface area (Å²) in [5, 5.41) is 2.99. The predicted molar refractivity (Wildman–Crippen MR) is 125 cm³/mol. The maximum Gasteiger partial charge on any atom is 0.264 e. The predicted octanol–water partition coefficient (Wildman–Crippen LogP) is 4.35. The zero-order valence-electron chi connectivity index (χ0n) is 17.5. The highest BCUT2D eigenvalue weighted by atomic mass is 35.5. The summed E-state index contributed by atoms with van der Waals surface area (Å²) in [5.41, 5.74) is 2.67. The van der Waals surface area contributed by atoms with E-state index >= 15 is 0 Å². The monoisotopic (exact) mass is 470 g/mol. The van der Waals surface area contributed by atoms with Gasteiger partial charge in [0.05, 0.1) is 21.6 Å². The summed E-state index contributed by atoms with van der Waals surface area (Å²) in [6.45, 7) is 2.04. The number of nitrogens with zero attached hydrogens (tertiary/aromatic N) is 1. The molecule has 0 aliphatic carbocycles. The van der Waals surface area contributed by atoms with Crippen molar-refractivity contribution in [3.8, 4) is 5.75 Å². The fraction of sp³-hybridized carbons (Fsp3) is 0.208. The van der Waals surface area contributed by atoms with Crippen LogP contribution < -0.4 is 14.4 Å². The second kappa shape index (κ2) is 9.22. The molecule has 3 aromatic carbocycles. The van der Waals surface area contributed by atoms with Crippen molar-refractivity contribution in [3.63, 3.8) is 0 Å². The molecule has 4 rings (SSSR count). The first-order valence-corrected chi connectivity index (χ1v) is 12.1. The van der Waals surface area contributed by atoms with Crippen molar-refractivity contribution in [3.05, 3.63) is 88.9 Å². The number of sulfonamides is 1. The van der Waals surface area contributed by atoms with E-state index in [1.54, 1.807) is 6.07 Å². The van der Waals surface area contributed by atoms with Crippen LogP contribution in [0.15, 0.2) is 77.7 Å². The lowest BCUT2D eigenvalue weighted by Crippen LogP contribution is -2.31. The third kappa shape index (κ3) is 4.59. The minimum absolute atomic E-state index is 0.0775. The summed E-state index contributed by atoms with van der Waals surface area (Å²) in [4.78, 5) is 12.3. The molecule has 0 spiro atoms. The Morgan fingerprint density at radius 2 is 1.81 bits per heavy atom. The lowest BCUT2D eigenvalue weighted by molar-refractivity contribution is -0.123. The third-order valence-corrected chi connectivity index (χ3v) is 7.48. The maximum atomic E-state index is 13.1. The Morgan fingerprint density at radius 3 is 2.56 bits per heavy atom. The molecule has 0 aromatic heterocycles. The van der Waals surface area contributed by atoms with Gasteiger partial charge in [0.2, 0.25) is 0 Å². The standard InChI is InChI=1S/C24H23ClN2O4S/c1-17(18-7-3-2-4-8-18)26-24(28)16-31-23-12-11-20(15-21(23)25)32(29,30)27-14-13-19-9-5-6-10-22(19)27/h2-12,15,17H,13-14,16H2,1H3,(H,26,28)/t17-/m0/s1. The van der Waals surface area contributed by atoms with Crippen LogP contribution in [0.2, 0.25) is 5.02 Å². The van der Waals surface area contributed by atoms with E-state index in [0.29, 0.717) is 18.7 Å². The highest BCUT2D eigenvalue weighted by Crippen LogP contribution is 2.35. The SMILES string of the molecule is C[C@H](NC(=O)COc1ccc(S(=O)(=O)N2CCc3ccccc32)cc1Cl)c1ccccc1. The van der Waals surface area contributed by atoms with Gasteiger partial charge in [-0.15, -0.1) is 0 Å². The number of hydrogen-bond acceptors (Lipinski definition) is 4. The molecule has 0 unspecified atom stereocenters. The highest BCUT2D eigenvalue weighted by Gasteiger charge is 2.31. The van der Waals surface area contributed by atoms with E-state index in [0.717, 1.165) is 11.1 Å². The molecule has 166 valence electrons. The normalized spacial score (nSPS) is 14.0. The van der Waals surface area contributed by atoms with Gasteiger partial charge in [0, 0.05) is 6.54 Å². The van der Waals surface area contributed by atoms with Crippen LogP contribution in [-0.2, 0) is 21.2 Å². The Kier molecular flexibility index (Phi) is 6.39. The summed E-state index contributed by atoms with van der Waals surface area (Å²) in [7, 11) is -3.76. The molecule has 0 bridgehead atoms. The van der Waals surface area contributed by atoms with Gasteiger partial charge >= 0.3 is 0 Å². The number of nitrogens with one attached hydrogen (secondary N) is 1. The van der Waals surface area contributed by atoms with Crippen LogP contribution in [0.4, 0.5) is 5.69 Å². The van der Waals surface area contributed by atoms with Gasteiger partial charge < -0.3 is 10.1 Å². The number of anilines is 1. The van der Waals surface area contributed by atoms with Crippen LogP contribution in [-0.4, -0.2) is 27.5 Å². The molecule has 1 aliphatic heterocycles. The zero-order chi connectivity index (χ0) is 22.7. The van der Waals surface area contributed by atoms with Gasteiger partial charge in [-0.2, -0.15) is 0 Å². The average Bonchev–Trinajstić information content (AvgIpc) is 3.24. The van der Waals surface area contributed by atoms with Crippen molar-refractivity contribution < 1.29 is 17.9 Å². The lowest BCUT2D eigenvalue weighted by atomic mass is 10.1. The second-order valence-corrected chi connectivity index (χ2v) is 9.81. The number of hydrogen-bond donors (Lipinski definition) is 1. The number of rotatable bonds is 7. The van der Waals surface area contributed by atoms with Crippen molar-refractivity contribution in [2.45, 2.75) is 24.3 Å². The van der Waals surface area contributed by atoms with Crippen LogP contribution >= 0.6 is 11.6 Å². The Hall–Kier alpha value is -3.03. The van der Waals surface area contributed by atoms with E-state index in [1.807, 2.05) is 55.5 Å². The van der Waals surface area contributed by atoms with Crippen LogP contribution in [0.1, 0.15) is 24.1 Å². The van der Waals surface area contributed by atoms with Gasteiger partial charge in [-0.3, -0.25) is 9.10 Å². The largest absolute Gasteiger partial charge is 0.482 e. The molecule has 1 N–H and O–H groups in total. The lowest BCUT2D eigenvalue weighted by Gasteiger charge is -2.20. The fourth-order valence-electron chi connectivity index (χ4n) is 3.70. The molecular weight excluding hydrogens is 448 g/mol. The van der Waals surface area contributed by atoms with E-state index in [-0.39, 0.29) is 34.2 Å². The molecule has 0 saturated heterocycles. The molecule has 32 heavy (non-hydrogen) atoms. The Labute approximate surface area is 192 Å². The molecule has 1 atom stereocenters. The zero-order valence-corrected chi connectivity index (χ0v) is 19.1. The van der Waals surface area contributed by atoms with Crippen LogP contribution in [0.25, 0.3) is 0 Å². The van der Waals surface area contributed by atoms with E-state index < -0.39 is 10.0 Å². The number of amides is 1. The fourth-order valence-corrected chi connectivity index (χ4v) is 5.53. The molecule has 8 heteroatoms. The van der Waals surface area contributed by atoms with Gasteiger partial charge in [0.1, 0.15) is 5.75 Å². The van der Waals surface area contributed by atoms with E-state index in [2.05, 4.69) is 5.32 Å². The Balaban J connectivity index is 1.42. The number of para-hydroxylation sites is 1. The van der Waals surface area contributed by atoms with Crippen molar-refractivity contribution in [1.29, 1.82) is 0 Å². The first kappa shape index (κ1) is 22.2. The van der Waals surface area contributed by atoms with E-state index in [4.69, 9.17) is 16.3 Å². The molecule has 0 fully saturated rings. The summed E-state index contributed by atoms with van der Waals surface area (Å²) in [6.07, 6.45) is 0.668. The van der Waals surface area contributed by atoms with Crippen molar-refractivity contribution in [1.82, 2.24) is 5.32 Å².